The minimum Gasteiger partial charge on any atom is -0.393 e. The average molecular weight is 257 g/mol. The van der Waals surface area contributed by atoms with Gasteiger partial charge in [0, 0.05) is 19.3 Å². The summed E-state index contributed by atoms with van der Waals surface area (Å²) in [6, 6.07) is 1.14. The minimum atomic E-state index is -0.957. The first-order valence-corrected chi connectivity index (χ1v) is 8.08. The first-order chi connectivity index (χ1) is 8.18. The van der Waals surface area contributed by atoms with E-state index < -0.39 is 9.28 Å². The van der Waals surface area contributed by atoms with E-state index in [9.17, 15) is 0 Å². The lowest BCUT2D eigenvalue weighted by Gasteiger charge is -2.23. The van der Waals surface area contributed by atoms with Gasteiger partial charge in [0.1, 0.15) is 0 Å². The zero-order valence-electron chi connectivity index (χ0n) is 11.2. The molecule has 1 aliphatic heterocycles. The molecule has 99 valence electrons. The Bertz CT molecular complexity index is 215. The number of hydrogen-bond acceptors (Lipinski definition) is 3. The highest BCUT2D eigenvalue weighted by atomic mass is 28.3. The fourth-order valence-electron chi connectivity index (χ4n) is 1.73. The van der Waals surface area contributed by atoms with Crippen LogP contribution in [0.1, 0.15) is 39.5 Å². The van der Waals surface area contributed by atoms with E-state index >= 15 is 0 Å². The number of rotatable bonds is 8. The molecule has 1 rings (SSSR count). The van der Waals surface area contributed by atoms with Crippen molar-refractivity contribution < 1.29 is 13.6 Å². The summed E-state index contributed by atoms with van der Waals surface area (Å²) in [5, 5.41) is 0. The molecule has 0 N–H and O–H groups in total. The van der Waals surface area contributed by atoms with Crippen molar-refractivity contribution in [3.05, 3.63) is 12.2 Å². The molecule has 1 saturated heterocycles. The SMILES string of the molecule is C=C(C)COCCCC(C)O[Si]1CCCCO1. The van der Waals surface area contributed by atoms with Crippen molar-refractivity contribution in [1.29, 1.82) is 0 Å². The Morgan fingerprint density at radius 2 is 2.29 bits per heavy atom. The van der Waals surface area contributed by atoms with Gasteiger partial charge in [-0.1, -0.05) is 12.2 Å². The van der Waals surface area contributed by atoms with Crippen LogP contribution in [0.2, 0.25) is 6.04 Å². The van der Waals surface area contributed by atoms with Gasteiger partial charge in [0.2, 0.25) is 0 Å². The van der Waals surface area contributed by atoms with Gasteiger partial charge in [-0.2, -0.15) is 0 Å². The van der Waals surface area contributed by atoms with Gasteiger partial charge in [-0.25, -0.2) is 0 Å². The standard InChI is InChI=1S/C13H25O3Si/c1-12(2)11-14-8-6-7-13(3)16-17-10-5-4-9-15-17/h13H,1,4-11H2,2-3H3. The third kappa shape index (κ3) is 7.71. The van der Waals surface area contributed by atoms with Crippen molar-refractivity contribution in [2.24, 2.45) is 0 Å². The van der Waals surface area contributed by atoms with E-state index in [1.165, 1.54) is 12.8 Å². The normalized spacial score (nSPS) is 19.2. The maximum Gasteiger partial charge on any atom is 0.384 e. The first-order valence-electron chi connectivity index (χ1n) is 6.56. The highest BCUT2D eigenvalue weighted by Gasteiger charge is 2.21. The van der Waals surface area contributed by atoms with E-state index in [2.05, 4.69) is 13.5 Å². The molecule has 0 bridgehead atoms. The summed E-state index contributed by atoms with van der Waals surface area (Å²) in [5.41, 5.74) is 1.08. The molecule has 1 atom stereocenters. The fourth-order valence-corrected chi connectivity index (χ4v) is 3.53. The van der Waals surface area contributed by atoms with Crippen LogP contribution in [-0.2, 0) is 13.6 Å². The van der Waals surface area contributed by atoms with Crippen LogP contribution in [0.25, 0.3) is 0 Å². The second kappa shape index (κ2) is 8.86. The van der Waals surface area contributed by atoms with Gasteiger partial charge in [0.25, 0.3) is 0 Å². The van der Waals surface area contributed by atoms with Crippen molar-refractivity contribution in [2.75, 3.05) is 19.8 Å². The summed E-state index contributed by atoms with van der Waals surface area (Å²) in [6.45, 7) is 10.3. The number of ether oxygens (including phenoxy) is 1. The predicted octanol–water partition coefficient (Wildman–Crippen LogP) is 3.06. The largest absolute Gasteiger partial charge is 0.393 e. The van der Waals surface area contributed by atoms with E-state index in [1.807, 2.05) is 6.92 Å². The van der Waals surface area contributed by atoms with Crippen molar-refractivity contribution in [3.63, 3.8) is 0 Å². The maximum absolute atomic E-state index is 5.93. The predicted molar refractivity (Wildman–Crippen MR) is 71.2 cm³/mol. The summed E-state index contributed by atoms with van der Waals surface area (Å²) in [6.07, 6.45) is 4.86. The van der Waals surface area contributed by atoms with Gasteiger partial charge in [-0.15, -0.1) is 0 Å². The van der Waals surface area contributed by atoms with Crippen LogP contribution in [0.5, 0.6) is 0 Å². The maximum atomic E-state index is 5.93. The molecule has 0 aromatic heterocycles. The lowest BCUT2D eigenvalue weighted by Crippen LogP contribution is -2.30. The molecule has 17 heavy (non-hydrogen) atoms. The fraction of sp³-hybridized carbons (Fsp3) is 0.846. The Kier molecular flexibility index (Phi) is 7.76. The van der Waals surface area contributed by atoms with Crippen molar-refractivity contribution in [1.82, 2.24) is 0 Å². The molecule has 1 radical (unpaired) electrons. The van der Waals surface area contributed by atoms with E-state index in [-0.39, 0.29) is 0 Å². The highest BCUT2D eigenvalue weighted by Crippen LogP contribution is 2.14. The van der Waals surface area contributed by atoms with Crippen LogP contribution in [0.3, 0.4) is 0 Å². The third-order valence-corrected chi connectivity index (χ3v) is 4.57. The molecule has 1 fully saturated rings. The van der Waals surface area contributed by atoms with Crippen LogP contribution in [0.4, 0.5) is 0 Å². The minimum absolute atomic E-state index is 0.301. The van der Waals surface area contributed by atoms with Crippen LogP contribution in [0.15, 0.2) is 12.2 Å². The molecule has 1 unspecified atom stereocenters. The van der Waals surface area contributed by atoms with E-state index in [0.717, 1.165) is 37.7 Å². The molecular weight excluding hydrogens is 232 g/mol. The highest BCUT2D eigenvalue weighted by molar-refractivity contribution is 6.44. The van der Waals surface area contributed by atoms with Crippen LogP contribution in [0, 0.1) is 0 Å². The molecule has 0 amide bonds. The van der Waals surface area contributed by atoms with Crippen LogP contribution < -0.4 is 0 Å². The van der Waals surface area contributed by atoms with E-state index in [4.69, 9.17) is 13.6 Å². The molecule has 1 aliphatic rings. The summed E-state index contributed by atoms with van der Waals surface area (Å²) >= 11 is 0. The Balaban J connectivity index is 1.96. The Hall–Kier alpha value is -0.163. The second-order valence-electron chi connectivity index (χ2n) is 4.76. The third-order valence-electron chi connectivity index (χ3n) is 2.62. The number of hydrogen-bond donors (Lipinski definition) is 0. The zero-order chi connectivity index (χ0) is 12.5. The summed E-state index contributed by atoms with van der Waals surface area (Å²) in [7, 11) is -0.957. The van der Waals surface area contributed by atoms with Crippen molar-refractivity contribution in [3.8, 4) is 0 Å². The van der Waals surface area contributed by atoms with Gasteiger partial charge < -0.3 is 13.6 Å². The monoisotopic (exact) mass is 257 g/mol. The van der Waals surface area contributed by atoms with Gasteiger partial charge in [0.05, 0.1) is 6.61 Å². The van der Waals surface area contributed by atoms with E-state index in [0.29, 0.717) is 12.7 Å². The van der Waals surface area contributed by atoms with Gasteiger partial charge in [-0.05, 0) is 45.6 Å². The van der Waals surface area contributed by atoms with Crippen LogP contribution >= 0.6 is 0 Å². The lowest BCUT2D eigenvalue weighted by molar-refractivity contribution is 0.108. The van der Waals surface area contributed by atoms with Crippen molar-refractivity contribution in [2.45, 2.75) is 51.7 Å². The molecular formula is C13H25O3Si. The quantitative estimate of drug-likeness (QED) is 0.380. The molecule has 0 aromatic carbocycles. The van der Waals surface area contributed by atoms with Gasteiger partial charge in [-0.3, -0.25) is 0 Å². The molecule has 1 heterocycles. The second-order valence-corrected chi connectivity index (χ2v) is 6.53. The Morgan fingerprint density at radius 3 is 2.94 bits per heavy atom. The first kappa shape index (κ1) is 14.9. The van der Waals surface area contributed by atoms with Gasteiger partial charge >= 0.3 is 9.28 Å². The van der Waals surface area contributed by atoms with Crippen molar-refractivity contribution >= 4 is 9.28 Å². The molecule has 3 nitrogen and oxygen atoms in total. The topological polar surface area (TPSA) is 27.7 Å². The molecule has 0 saturated carbocycles. The molecule has 4 heteroatoms. The molecule has 0 aliphatic carbocycles. The lowest BCUT2D eigenvalue weighted by atomic mass is 10.2. The van der Waals surface area contributed by atoms with Gasteiger partial charge in [0.15, 0.2) is 0 Å². The summed E-state index contributed by atoms with van der Waals surface area (Å²) in [5.74, 6) is 0. The average Bonchev–Trinajstić information content (AvgIpc) is 2.29. The summed E-state index contributed by atoms with van der Waals surface area (Å²) in [4.78, 5) is 0. The molecule has 0 spiro atoms. The Morgan fingerprint density at radius 1 is 1.47 bits per heavy atom. The Labute approximate surface area is 107 Å². The van der Waals surface area contributed by atoms with E-state index in [1.54, 1.807) is 0 Å². The summed E-state index contributed by atoms with van der Waals surface area (Å²) < 4.78 is 17.0. The molecule has 0 aromatic rings. The smallest absolute Gasteiger partial charge is 0.384 e. The zero-order valence-corrected chi connectivity index (χ0v) is 12.2. The van der Waals surface area contributed by atoms with Crippen LogP contribution in [-0.4, -0.2) is 35.2 Å².